The molecule has 2 heterocycles. The van der Waals surface area contributed by atoms with E-state index in [-0.39, 0.29) is 5.75 Å². The van der Waals surface area contributed by atoms with Crippen LogP contribution >= 0.6 is 23.1 Å². The summed E-state index contributed by atoms with van der Waals surface area (Å²) in [5, 5.41) is 20.2. The minimum atomic E-state index is -0.883. The number of aliphatic imine (C=N–C) groups is 1. The molecule has 0 fully saturated rings. The lowest BCUT2D eigenvalue weighted by Gasteiger charge is -2.01. The molecule has 120 valence electrons. The van der Waals surface area contributed by atoms with Crippen molar-refractivity contribution in [2.75, 3.05) is 5.75 Å². The fourth-order valence-corrected chi connectivity index (χ4v) is 4.49. The number of rotatable bonds is 3. The molecule has 2 aromatic carbocycles. The largest absolute Gasteiger partial charge is 0.508 e. The molecule has 1 atom stereocenters. The van der Waals surface area contributed by atoms with Crippen molar-refractivity contribution in [1.29, 1.82) is 0 Å². The van der Waals surface area contributed by atoms with Gasteiger partial charge in [0.15, 0.2) is 6.04 Å². The number of phenolic OH excluding ortho intramolecular Hbond substituents is 1. The van der Waals surface area contributed by atoms with E-state index in [1.165, 1.54) is 23.1 Å². The first-order chi connectivity index (χ1) is 11.6. The van der Waals surface area contributed by atoms with Crippen molar-refractivity contribution >= 4 is 44.3 Å². The Morgan fingerprint density at radius 2 is 1.88 bits per heavy atom. The molecule has 0 amide bonds. The van der Waals surface area contributed by atoms with E-state index in [1.54, 1.807) is 18.2 Å². The number of nitrogens with zero attached hydrogens (tertiary/aromatic N) is 2. The van der Waals surface area contributed by atoms with Crippen molar-refractivity contribution in [3.63, 3.8) is 0 Å². The Bertz CT molecular complexity index is 964. The van der Waals surface area contributed by atoms with Crippen LogP contribution in [0.2, 0.25) is 0 Å². The van der Waals surface area contributed by atoms with E-state index >= 15 is 0 Å². The van der Waals surface area contributed by atoms with Gasteiger partial charge < -0.3 is 10.2 Å². The van der Waals surface area contributed by atoms with Gasteiger partial charge in [-0.1, -0.05) is 24.3 Å². The van der Waals surface area contributed by atoms with Gasteiger partial charge in [0, 0.05) is 16.9 Å². The van der Waals surface area contributed by atoms with E-state index in [9.17, 15) is 9.90 Å². The maximum atomic E-state index is 11.0. The highest BCUT2D eigenvalue weighted by Crippen LogP contribution is 2.33. The van der Waals surface area contributed by atoms with Gasteiger partial charge in [0.25, 0.3) is 0 Å². The molecule has 0 spiro atoms. The van der Waals surface area contributed by atoms with Crippen molar-refractivity contribution < 1.29 is 15.0 Å². The fraction of sp³-hybridized carbons (Fsp3) is 0.118. The maximum Gasteiger partial charge on any atom is 0.329 e. The van der Waals surface area contributed by atoms with E-state index in [1.807, 2.05) is 24.3 Å². The molecule has 0 aliphatic carbocycles. The molecule has 0 radical (unpaired) electrons. The number of fused-ring (bicyclic) bond motifs is 1. The molecule has 1 aliphatic heterocycles. The number of thiazole rings is 1. The number of carbonyl (C=O) groups is 1. The molecule has 0 saturated carbocycles. The third-order valence-electron chi connectivity index (χ3n) is 3.69. The number of hydrogen-bond donors (Lipinski definition) is 2. The summed E-state index contributed by atoms with van der Waals surface area (Å²) in [7, 11) is 0. The van der Waals surface area contributed by atoms with Gasteiger partial charge in [-0.15, -0.1) is 23.1 Å². The van der Waals surface area contributed by atoms with Gasteiger partial charge in [-0.3, -0.25) is 4.99 Å². The molecule has 24 heavy (non-hydrogen) atoms. The van der Waals surface area contributed by atoms with Crippen LogP contribution in [-0.2, 0) is 4.79 Å². The molecule has 7 heteroatoms. The van der Waals surface area contributed by atoms with Crippen LogP contribution in [-0.4, -0.2) is 38.0 Å². The number of thioether (sulfide) groups is 1. The van der Waals surface area contributed by atoms with Gasteiger partial charge in [-0.05, 0) is 18.2 Å². The molecule has 3 aromatic rings. The summed E-state index contributed by atoms with van der Waals surface area (Å²) in [4.78, 5) is 19.8. The lowest BCUT2D eigenvalue weighted by atomic mass is 10.1. The van der Waals surface area contributed by atoms with Crippen molar-refractivity contribution in [2.45, 2.75) is 6.04 Å². The minimum Gasteiger partial charge on any atom is -0.508 e. The number of phenols is 1. The van der Waals surface area contributed by atoms with Crippen molar-refractivity contribution in [3.8, 4) is 16.3 Å². The molecule has 1 unspecified atom stereocenters. The molecule has 1 aromatic heterocycles. The molecular formula is C17H12N2O3S2. The molecule has 0 bridgehead atoms. The quantitative estimate of drug-likeness (QED) is 0.749. The summed E-state index contributed by atoms with van der Waals surface area (Å²) in [6.45, 7) is 0. The van der Waals surface area contributed by atoms with Crippen LogP contribution in [0.4, 0.5) is 0 Å². The highest BCUT2D eigenvalue weighted by Gasteiger charge is 2.25. The van der Waals surface area contributed by atoms with Crippen molar-refractivity contribution in [2.24, 2.45) is 4.99 Å². The van der Waals surface area contributed by atoms with Gasteiger partial charge in [0.05, 0.1) is 15.3 Å². The number of aliphatic carboxylic acids is 1. The molecule has 1 aliphatic rings. The standard InChI is InChI=1S/C17H12N2O3S2/c20-11-5-6-12-14(7-11)24-16(18-12)10-3-1-9(2-4-10)15-19-13(8-23-15)17(21)22/h1-7,13,20H,8H2,(H,21,22). The van der Waals surface area contributed by atoms with Crippen LogP contribution in [0.5, 0.6) is 5.75 Å². The van der Waals surface area contributed by atoms with E-state index in [0.717, 1.165) is 31.4 Å². The van der Waals surface area contributed by atoms with E-state index in [0.29, 0.717) is 5.75 Å². The van der Waals surface area contributed by atoms with Gasteiger partial charge in [0.1, 0.15) is 10.8 Å². The van der Waals surface area contributed by atoms with Crippen LogP contribution in [0, 0.1) is 0 Å². The average molecular weight is 356 g/mol. The van der Waals surface area contributed by atoms with Crippen molar-refractivity contribution in [3.05, 3.63) is 48.0 Å². The first-order valence-corrected chi connectivity index (χ1v) is 9.04. The predicted molar refractivity (Wildman–Crippen MR) is 97.1 cm³/mol. The number of benzene rings is 2. The topological polar surface area (TPSA) is 82.8 Å². The van der Waals surface area contributed by atoms with E-state index in [2.05, 4.69) is 9.98 Å². The predicted octanol–water partition coefficient (Wildman–Crippen LogP) is 3.62. The van der Waals surface area contributed by atoms with Crippen LogP contribution in [0.15, 0.2) is 47.5 Å². The fourth-order valence-electron chi connectivity index (χ4n) is 2.45. The lowest BCUT2D eigenvalue weighted by molar-refractivity contribution is -0.137. The summed E-state index contributed by atoms with van der Waals surface area (Å²) >= 11 is 2.99. The third kappa shape index (κ3) is 2.76. The normalized spacial score (nSPS) is 17.2. The van der Waals surface area contributed by atoms with Gasteiger partial charge in [0.2, 0.25) is 0 Å². The van der Waals surface area contributed by atoms with Crippen LogP contribution in [0.3, 0.4) is 0 Å². The summed E-state index contributed by atoms with van der Waals surface area (Å²) in [5.41, 5.74) is 2.76. The second-order valence-electron chi connectivity index (χ2n) is 5.35. The number of aromatic hydroxyl groups is 1. The van der Waals surface area contributed by atoms with Gasteiger partial charge in [-0.25, -0.2) is 9.78 Å². The Labute approximate surface area is 145 Å². The second kappa shape index (κ2) is 5.92. The van der Waals surface area contributed by atoms with Gasteiger partial charge >= 0.3 is 5.97 Å². The number of carboxylic acid groups (broad SMARTS) is 1. The Hall–Kier alpha value is -2.38. The van der Waals surface area contributed by atoms with Crippen molar-refractivity contribution in [1.82, 2.24) is 4.98 Å². The molecule has 2 N–H and O–H groups in total. The Morgan fingerprint density at radius 3 is 2.58 bits per heavy atom. The van der Waals surface area contributed by atoms with E-state index in [4.69, 9.17) is 5.11 Å². The summed E-state index contributed by atoms with van der Waals surface area (Å²) in [6, 6.07) is 12.3. The monoisotopic (exact) mass is 356 g/mol. The SMILES string of the molecule is O=C(O)C1CSC(c2ccc(-c3nc4ccc(O)cc4s3)cc2)=N1. The summed E-state index contributed by atoms with van der Waals surface area (Å²) in [5.74, 6) is -0.169. The first-order valence-electron chi connectivity index (χ1n) is 7.24. The summed E-state index contributed by atoms with van der Waals surface area (Å²) < 4.78 is 0.939. The zero-order valence-electron chi connectivity index (χ0n) is 12.3. The lowest BCUT2D eigenvalue weighted by Crippen LogP contribution is -2.17. The maximum absolute atomic E-state index is 11.0. The smallest absolute Gasteiger partial charge is 0.329 e. The average Bonchev–Trinajstić information content (AvgIpc) is 3.21. The summed E-state index contributed by atoms with van der Waals surface area (Å²) in [6.07, 6.45) is 0. The van der Waals surface area contributed by atoms with Gasteiger partial charge in [-0.2, -0.15) is 0 Å². The Morgan fingerprint density at radius 1 is 1.12 bits per heavy atom. The minimum absolute atomic E-state index is 0.234. The highest BCUT2D eigenvalue weighted by molar-refractivity contribution is 8.14. The third-order valence-corrected chi connectivity index (χ3v) is 5.85. The van der Waals surface area contributed by atoms with E-state index < -0.39 is 12.0 Å². The number of aromatic nitrogens is 1. The molecule has 5 nitrogen and oxygen atoms in total. The number of carboxylic acids is 1. The Balaban J connectivity index is 1.63. The Kier molecular flexibility index (Phi) is 3.74. The highest BCUT2D eigenvalue weighted by atomic mass is 32.2. The molecular weight excluding hydrogens is 344 g/mol. The molecule has 4 rings (SSSR count). The molecule has 0 saturated heterocycles. The van der Waals surface area contributed by atoms with Crippen LogP contribution < -0.4 is 0 Å². The zero-order chi connectivity index (χ0) is 16.7. The zero-order valence-corrected chi connectivity index (χ0v) is 14.0. The second-order valence-corrected chi connectivity index (χ2v) is 7.39. The van der Waals surface area contributed by atoms with Crippen LogP contribution in [0.1, 0.15) is 5.56 Å². The van der Waals surface area contributed by atoms with Crippen LogP contribution in [0.25, 0.3) is 20.8 Å². The number of hydrogen-bond acceptors (Lipinski definition) is 6. The first kappa shape index (κ1) is 15.2.